The lowest BCUT2D eigenvalue weighted by atomic mass is 10.0. The molecular weight excluding hydrogens is 344 g/mol. The SMILES string of the molecule is CCc1nnc(N2CCCC2CCCc2ccccc2)n1Cc1ccccc1. The zero-order chi connectivity index (χ0) is 19.2. The molecule has 1 fully saturated rings. The van der Waals surface area contributed by atoms with E-state index in [1.54, 1.807) is 0 Å². The van der Waals surface area contributed by atoms with Crippen LogP contribution < -0.4 is 4.90 Å². The van der Waals surface area contributed by atoms with E-state index < -0.39 is 0 Å². The molecule has 0 radical (unpaired) electrons. The molecule has 1 atom stereocenters. The number of hydrogen-bond donors (Lipinski definition) is 0. The number of anilines is 1. The Balaban J connectivity index is 1.47. The first-order valence-corrected chi connectivity index (χ1v) is 10.6. The van der Waals surface area contributed by atoms with Gasteiger partial charge in [0.1, 0.15) is 5.82 Å². The van der Waals surface area contributed by atoms with Crippen LogP contribution in [0.2, 0.25) is 0 Å². The van der Waals surface area contributed by atoms with Gasteiger partial charge in [-0.1, -0.05) is 67.6 Å². The number of rotatable bonds is 8. The number of nitrogens with zero attached hydrogens (tertiary/aromatic N) is 4. The van der Waals surface area contributed by atoms with Crippen LogP contribution in [0.5, 0.6) is 0 Å². The van der Waals surface area contributed by atoms with Crippen LogP contribution in [0.3, 0.4) is 0 Å². The fraction of sp³-hybridized carbons (Fsp3) is 0.417. The summed E-state index contributed by atoms with van der Waals surface area (Å²) in [6.07, 6.45) is 7.01. The predicted molar refractivity (Wildman–Crippen MR) is 115 cm³/mol. The summed E-state index contributed by atoms with van der Waals surface area (Å²) in [4.78, 5) is 2.51. The molecule has 0 aliphatic carbocycles. The van der Waals surface area contributed by atoms with Crippen LogP contribution in [-0.2, 0) is 19.4 Å². The van der Waals surface area contributed by atoms with E-state index in [1.165, 1.54) is 36.8 Å². The standard InChI is InChI=1S/C24H30N4/c1-2-23-25-26-24(28(23)19-21-13-7-4-8-14-21)27-18-10-17-22(27)16-9-15-20-11-5-3-6-12-20/h3-8,11-14,22H,2,9-10,15-19H2,1H3. The fourth-order valence-electron chi connectivity index (χ4n) is 4.31. The molecule has 0 N–H and O–H groups in total. The van der Waals surface area contributed by atoms with Crippen LogP contribution in [0.4, 0.5) is 5.95 Å². The maximum atomic E-state index is 4.62. The van der Waals surface area contributed by atoms with E-state index in [1.807, 2.05) is 0 Å². The maximum absolute atomic E-state index is 4.62. The quantitative estimate of drug-likeness (QED) is 0.563. The molecule has 0 amide bonds. The molecule has 0 saturated carbocycles. The first-order valence-electron chi connectivity index (χ1n) is 10.6. The van der Waals surface area contributed by atoms with Crippen molar-refractivity contribution in [3.05, 3.63) is 77.6 Å². The molecule has 1 saturated heterocycles. The molecule has 4 rings (SSSR count). The smallest absolute Gasteiger partial charge is 0.227 e. The normalized spacial score (nSPS) is 16.6. The Kier molecular flexibility index (Phi) is 6.05. The second-order valence-electron chi connectivity index (χ2n) is 7.71. The maximum Gasteiger partial charge on any atom is 0.227 e. The highest BCUT2D eigenvalue weighted by atomic mass is 15.4. The van der Waals surface area contributed by atoms with Crippen LogP contribution in [0.15, 0.2) is 60.7 Å². The Morgan fingerprint density at radius 1 is 0.929 bits per heavy atom. The number of aromatic nitrogens is 3. The summed E-state index contributed by atoms with van der Waals surface area (Å²) in [7, 11) is 0. The minimum Gasteiger partial charge on any atom is -0.338 e. The Bertz CT molecular complexity index is 857. The molecular formula is C24H30N4. The van der Waals surface area contributed by atoms with Gasteiger partial charge < -0.3 is 4.90 Å². The second-order valence-corrected chi connectivity index (χ2v) is 7.71. The van der Waals surface area contributed by atoms with Crippen molar-refractivity contribution in [3.63, 3.8) is 0 Å². The molecule has 1 aliphatic heterocycles. The summed E-state index contributed by atoms with van der Waals surface area (Å²) in [5.74, 6) is 2.14. The number of aryl methyl sites for hydroxylation is 2. The van der Waals surface area contributed by atoms with E-state index in [9.17, 15) is 0 Å². The zero-order valence-corrected chi connectivity index (χ0v) is 16.8. The molecule has 2 aromatic carbocycles. The second kappa shape index (κ2) is 9.05. The lowest BCUT2D eigenvalue weighted by molar-refractivity contribution is 0.564. The molecule has 3 aromatic rings. The highest BCUT2D eigenvalue weighted by Gasteiger charge is 2.28. The minimum absolute atomic E-state index is 0.576. The third kappa shape index (κ3) is 4.27. The van der Waals surface area contributed by atoms with Gasteiger partial charge in [0.15, 0.2) is 0 Å². The third-order valence-electron chi connectivity index (χ3n) is 5.79. The lowest BCUT2D eigenvalue weighted by Gasteiger charge is -2.26. The van der Waals surface area contributed by atoms with Crippen LogP contribution in [0.1, 0.15) is 49.6 Å². The van der Waals surface area contributed by atoms with Crippen molar-refractivity contribution in [3.8, 4) is 0 Å². The molecule has 0 spiro atoms. The van der Waals surface area contributed by atoms with E-state index >= 15 is 0 Å². The molecule has 1 aliphatic rings. The van der Waals surface area contributed by atoms with Gasteiger partial charge >= 0.3 is 0 Å². The molecule has 28 heavy (non-hydrogen) atoms. The summed E-state index contributed by atoms with van der Waals surface area (Å²) >= 11 is 0. The summed E-state index contributed by atoms with van der Waals surface area (Å²) in [5, 5.41) is 9.13. The number of benzene rings is 2. The van der Waals surface area contributed by atoms with Crippen LogP contribution in [-0.4, -0.2) is 27.4 Å². The Morgan fingerprint density at radius 2 is 1.64 bits per heavy atom. The van der Waals surface area contributed by atoms with Crippen molar-refractivity contribution >= 4 is 5.95 Å². The van der Waals surface area contributed by atoms with Crippen LogP contribution in [0, 0.1) is 0 Å². The summed E-state index contributed by atoms with van der Waals surface area (Å²) < 4.78 is 2.32. The van der Waals surface area contributed by atoms with Crippen molar-refractivity contribution in [2.75, 3.05) is 11.4 Å². The fourth-order valence-corrected chi connectivity index (χ4v) is 4.31. The van der Waals surface area contributed by atoms with Gasteiger partial charge in [-0.25, -0.2) is 0 Å². The van der Waals surface area contributed by atoms with Gasteiger partial charge in [-0.3, -0.25) is 4.57 Å². The highest BCUT2D eigenvalue weighted by molar-refractivity contribution is 5.36. The molecule has 1 aromatic heterocycles. The molecule has 146 valence electrons. The van der Waals surface area contributed by atoms with E-state index in [2.05, 4.69) is 87.3 Å². The molecule has 1 unspecified atom stereocenters. The van der Waals surface area contributed by atoms with Gasteiger partial charge in [0.25, 0.3) is 0 Å². The molecule has 0 bridgehead atoms. The van der Waals surface area contributed by atoms with Crippen molar-refractivity contribution < 1.29 is 0 Å². The topological polar surface area (TPSA) is 34.0 Å². The molecule has 4 nitrogen and oxygen atoms in total. The summed E-state index contributed by atoms with van der Waals surface area (Å²) in [6.45, 7) is 4.10. The Morgan fingerprint density at radius 3 is 2.36 bits per heavy atom. The van der Waals surface area contributed by atoms with Crippen molar-refractivity contribution in [1.82, 2.24) is 14.8 Å². The average Bonchev–Trinajstić information content (AvgIpc) is 3.36. The van der Waals surface area contributed by atoms with Crippen molar-refractivity contribution in [2.45, 2.75) is 58.0 Å². The van der Waals surface area contributed by atoms with Gasteiger partial charge in [0.05, 0.1) is 6.54 Å². The third-order valence-corrected chi connectivity index (χ3v) is 5.79. The monoisotopic (exact) mass is 374 g/mol. The summed E-state index contributed by atoms with van der Waals surface area (Å²) in [5.41, 5.74) is 2.74. The Labute approximate surface area is 168 Å². The van der Waals surface area contributed by atoms with Gasteiger partial charge in [-0.15, -0.1) is 10.2 Å². The summed E-state index contributed by atoms with van der Waals surface area (Å²) in [6, 6.07) is 22.0. The van der Waals surface area contributed by atoms with Crippen molar-refractivity contribution in [1.29, 1.82) is 0 Å². The van der Waals surface area contributed by atoms with Crippen molar-refractivity contribution in [2.24, 2.45) is 0 Å². The zero-order valence-electron chi connectivity index (χ0n) is 16.8. The van der Waals surface area contributed by atoms with E-state index in [-0.39, 0.29) is 0 Å². The molecule has 4 heteroatoms. The highest BCUT2D eigenvalue weighted by Crippen LogP contribution is 2.28. The predicted octanol–water partition coefficient (Wildman–Crippen LogP) is 4.88. The van der Waals surface area contributed by atoms with Gasteiger partial charge in [-0.05, 0) is 43.2 Å². The van der Waals surface area contributed by atoms with E-state index in [0.29, 0.717) is 6.04 Å². The van der Waals surface area contributed by atoms with E-state index in [0.717, 1.165) is 37.7 Å². The first-order chi connectivity index (χ1) is 13.8. The van der Waals surface area contributed by atoms with Gasteiger partial charge in [0, 0.05) is 19.0 Å². The number of hydrogen-bond acceptors (Lipinski definition) is 3. The van der Waals surface area contributed by atoms with E-state index in [4.69, 9.17) is 0 Å². The lowest BCUT2D eigenvalue weighted by Crippen LogP contribution is -2.32. The van der Waals surface area contributed by atoms with Gasteiger partial charge in [0.2, 0.25) is 5.95 Å². The minimum atomic E-state index is 0.576. The first kappa shape index (κ1) is 18.7. The van der Waals surface area contributed by atoms with Crippen LogP contribution >= 0.6 is 0 Å². The Hall–Kier alpha value is -2.62. The van der Waals surface area contributed by atoms with Crippen LogP contribution in [0.25, 0.3) is 0 Å². The largest absolute Gasteiger partial charge is 0.338 e. The van der Waals surface area contributed by atoms with Gasteiger partial charge in [-0.2, -0.15) is 0 Å². The average molecular weight is 375 g/mol. The molecule has 2 heterocycles.